The molecule has 9 heteroatoms. The summed E-state index contributed by atoms with van der Waals surface area (Å²) in [6.07, 6.45) is 0.249. The third kappa shape index (κ3) is 5.10. The minimum atomic E-state index is -0.923. The molecule has 3 N–H and O–H groups in total. The number of nitrogens with one attached hydrogen (secondary N) is 1. The maximum absolute atomic E-state index is 14.5. The Bertz CT molecular complexity index is 1550. The van der Waals surface area contributed by atoms with Crippen LogP contribution in [0.3, 0.4) is 0 Å². The second-order valence-corrected chi connectivity index (χ2v) is 8.61. The van der Waals surface area contributed by atoms with E-state index in [-0.39, 0.29) is 29.1 Å². The van der Waals surface area contributed by atoms with Crippen LogP contribution in [0, 0.1) is 26.6 Å². The van der Waals surface area contributed by atoms with Crippen LogP contribution < -0.4 is 5.56 Å². The standard InChI is InChI=1S/C27H25FN4O4/c1-15-7-9-21(11-16(15)2)32-27(36)25(17(3)31-32)30-29-23-14-20(28)13-22(26(23)35)19-6-4-5-18(12-19)8-10-24(33)34/h4-7,9,11-14,31,35H,8,10H2,1-3H3,(H,33,34). The number of carbonyl (C=O) groups is 1. The van der Waals surface area contributed by atoms with Crippen LogP contribution in [0.5, 0.6) is 5.75 Å². The molecule has 0 amide bonds. The van der Waals surface area contributed by atoms with Crippen LogP contribution in [0.2, 0.25) is 0 Å². The van der Waals surface area contributed by atoms with Gasteiger partial charge in [-0.2, -0.15) is 0 Å². The molecule has 0 atom stereocenters. The van der Waals surface area contributed by atoms with Crippen molar-refractivity contribution in [2.24, 2.45) is 10.2 Å². The topological polar surface area (TPSA) is 120 Å². The summed E-state index contributed by atoms with van der Waals surface area (Å²) >= 11 is 0. The Balaban J connectivity index is 1.69. The third-order valence-corrected chi connectivity index (χ3v) is 5.97. The number of H-pyrrole nitrogens is 1. The van der Waals surface area contributed by atoms with E-state index in [1.807, 2.05) is 32.0 Å². The number of phenolic OH excluding ortho intramolecular Hbond substituents is 1. The first-order valence-electron chi connectivity index (χ1n) is 11.3. The number of carboxylic acid groups (broad SMARTS) is 1. The number of rotatable bonds is 7. The smallest absolute Gasteiger partial charge is 0.303 e. The molecule has 0 saturated carbocycles. The van der Waals surface area contributed by atoms with Crippen molar-refractivity contribution in [3.05, 3.63) is 93.2 Å². The molecule has 1 aromatic heterocycles. The third-order valence-electron chi connectivity index (χ3n) is 5.97. The van der Waals surface area contributed by atoms with Gasteiger partial charge in [-0.25, -0.2) is 9.07 Å². The SMILES string of the molecule is Cc1ccc(-n2[nH]c(C)c(N=Nc3cc(F)cc(-c4cccc(CCC(=O)O)c4)c3O)c2=O)cc1C. The number of phenols is 1. The van der Waals surface area contributed by atoms with E-state index < -0.39 is 17.3 Å². The number of nitrogens with zero attached hydrogens (tertiary/aromatic N) is 3. The van der Waals surface area contributed by atoms with Crippen molar-refractivity contribution in [2.45, 2.75) is 33.6 Å². The monoisotopic (exact) mass is 488 g/mol. The molecule has 4 aromatic rings. The van der Waals surface area contributed by atoms with Gasteiger partial charge in [0.2, 0.25) is 0 Å². The van der Waals surface area contributed by atoms with E-state index in [1.54, 1.807) is 31.2 Å². The van der Waals surface area contributed by atoms with E-state index in [9.17, 15) is 19.1 Å². The number of carboxylic acids is 1. The summed E-state index contributed by atoms with van der Waals surface area (Å²) in [5.74, 6) is -1.88. The quantitative estimate of drug-likeness (QED) is 0.275. The highest BCUT2D eigenvalue weighted by molar-refractivity contribution is 5.77. The van der Waals surface area contributed by atoms with Gasteiger partial charge in [0.25, 0.3) is 5.56 Å². The number of hydrogen-bond donors (Lipinski definition) is 3. The highest BCUT2D eigenvalue weighted by atomic mass is 19.1. The van der Waals surface area contributed by atoms with E-state index in [0.29, 0.717) is 23.4 Å². The molecule has 0 unspecified atom stereocenters. The predicted octanol–water partition coefficient (Wildman–Crippen LogP) is 6.04. The normalized spacial score (nSPS) is 11.3. The zero-order chi connectivity index (χ0) is 26.0. The van der Waals surface area contributed by atoms with Gasteiger partial charge in [0.1, 0.15) is 11.5 Å². The molecule has 0 fully saturated rings. The first kappa shape index (κ1) is 24.6. The maximum atomic E-state index is 14.5. The lowest BCUT2D eigenvalue weighted by molar-refractivity contribution is -0.136. The van der Waals surface area contributed by atoms with Crippen LogP contribution in [0.4, 0.5) is 15.8 Å². The van der Waals surface area contributed by atoms with Gasteiger partial charge in [-0.3, -0.25) is 14.7 Å². The van der Waals surface area contributed by atoms with E-state index in [0.717, 1.165) is 22.8 Å². The molecular formula is C27H25FN4O4. The van der Waals surface area contributed by atoms with Crippen molar-refractivity contribution in [1.29, 1.82) is 0 Å². The molecule has 0 aliphatic carbocycles. The number of hydrogen-bond acceptors (Lipinski definition) is 5. The highest BCUT2D eigenvalue weighted by Gasteiger charge is 2.16. The van der Waals surface area contributed by atoms with E-state index in [1.165, 1.54) is 10.7 Å². The summed E-state index contributed by atoms with van der Waals surface area (Å²) in [4.78, 5) is 23.9. The number of benzene rings is 3. The molecule has 0 aliphatic heterocycles. The molecular weight excluding hydrogens is 463 g/mol. The summed E-state index contributed by atoms with van der Waals surface area (Å²) in [6, 6.07) is 14.6. The van der Waals surface area contributed by atoms with Crippen LogP contribution in [-0.4, -0.2) is 26.0 Å². The van der Waals surface area contributed by atoms with Crippen molar-refractivity contribution in [3.63, 3.8) is 0 Å². The maximum Gasteiger partial charge on any atom is 0.303 e. The predicted molar refractivity (Wildman–Crippen MR) is 134 cm³/mol. The lowest BCUT2D eigenvalue weighted by atomic mass is 9.99. The fourth-order valence-corrected chi connectivity index (χ4v) is 3.83. The lowest BCUT2D eigenvalue weighted by Crippen LogP contribution is -2.14. The Hall–Kier alpha value is -4.53. The molecule has 8 nitrogen and oxygen atoms in total. The average Bonchev–Trinajstić information content (AvgIpc) is 3.13. The molecule has 3 aromatic carbocycles. The van der Waals surface area contributed by atoms with Gasteiger partial charge in [-0.15, -0.1) is 10.2 Å². The summed E-state index contributed by atoms with van der Waals surface area (Å²) in [5, 5.41) is 30.7. The molecule has 4 rings (SSSR count). The number of aromatic hydroxyl groups is 1. The van der Waals surface area contributed by atoms with Gasteiger partial charge >= 0.3 is 5.97 Å². The van der Waals surface area contributed by atoms with Gasteiger partial charge in [-0.1, -0.05) is 30.3 Å². The molecule has 184 valence electrons. The van der Waals surface area contributed by atoms with E-state index in [2.05, 4.69) is 15.3 Å². The van der Waals surface area contributed by atoms with Gasteiger partial charge in [0.05, 0.1) is 11.4 Å². The Morgan fingerprint density at radius 3 is 2.53 bits per heavy atom. The van der Waals surface area contributed by atoms with Crippen molar-refractivity contribution in [2.75, 3.05) is 0 Å². The second kappa shape index (κ2) is 9.99. The van der Waals surface area contributed by atoms with Crippen LogP contribution in [0.25, 0.3) is 16.8 Å². The Labute approximate surface area is 206 Å². The minimum Gasteiger partial charge on any atom is -0.505 e. The van der Waals surface area contributed by atoms with Crippen molar-refractivity contribution in [3.8, 4) is 22.6 Å². The Kier molecular flexibility index (Phi) is 6.82. The number of halogens is 1. The molecule has 1 heterocycles. The average molecular weight is 489 g/mol. The largest absolute Gasteiger partial charge is 0.505 e. The minimum absolute atomic E-state index is 0.0362. The summed E-state index contributed by atoms with van der Waals surface area (Å²) in [5.41, 5.74) is 4.11. The zero-order valence-corrected chi connectivity index (χ0v) is 20.0. The van der Waals surface area contributed by atoms with Crippen LogP contribution in [-0.2, 0) is 11.2 Å². The summed E-state index contributed by atoms with van der Waals surface area (Å²) in [7, 11) is 0. The zero-order valence-electron chi connectivity index (χ0n) is 20.0. The number of aromatic nitrogens is 2. The molecule has 0 spiro atoms. The number of aryl methyl sites for hydroxylation is 4. The van der Waals surface area contributed by atoms with Gasteiger partial charge in [0.15, 0.2) is 11.4 Å². The fraction of sp³-hybridized carbons (Fsp3) is 0.185. The van der Waals surface area contributed by atoms with Crippen LogP contribution in [0.1, 0.15) is 28.8 Å². The second-order valence-electron chi connectivity index (χ2n) is 8.61. The van der Waals surface area contributed by atoms with Gasteiger partial charge in [0, 0.05) is 18.1 Å². The number of azo groups is 1. The first-order valence-corrected chi connectivity index (χ1v) is 11.3. The van der Waals surface area contributed by atoms with E-state index in [4.69, 9.17) is 5.11 Å². The highest BCUT2D eigenvalue weighted by Crippen LogP contribution is 2.39. The van der Waals surface area contributed by atoms with E-state index >= 15 is 0 Å². The molecule has 36 heavy (non-hydrogen) atoms. The number of aliphatic carboxylic acids is 1. The van der Waals surface area contributed by atoms with Gasteiger partial charge < -0.3 is 10.2 Å². The Morgan fingerprint density at radius 1 is 1.03 bits per heavy atom. The Morgan fingerprint density at radius 2 is 1.81 bits per heavy atom. The summed E-state index contributed by atoms with van der Waals surface area (Å²) < 4.78 is 15.8. The first-order chi connectivity index (χ1) is 17.1. The fourth-order valence-electron chi connectivity index (χ4n) is 3.83. The lowest BCUT2D eigenvalue weighted by Gasteiger charge is -2.09. The molecule has 0 bridgehead atoms. The molecule has 0 saturated heterocycles. The van der Waals surface area contributed by atoms with Crippen molar-refractivity contribution < 1.29 is 19.4 Å². The molecule has 0 radical (unpaired) electrons. The van der Waals surface area contributed by atoms with Gasteiger partial charge in [-0.05, 0) is 67.6 Å². The van der Waals surface area contributed by atoms with Crippen LogP contribution >= 0.6 is 0 Å². The van der Waals surface area contributed by atoms with Crippen molar-refractivity contribution in [1.82, 2.24) is 9.78 Å². The van der Waals surface area contributed by atoms with Crippen LogP contribution in [0.15, 0.2) is 69.6 Å². The summed E-state index contributed by atoms with van der Waals surface area (Å²) in [6.45, 7) is 5.60. The van der Waals surface area contributed by atoms with Crippen molar-refractivity contribution >= 4 is 17.3 Å². The molecule has 0 aliphatic rings. The number of aromatic amines is 1.